The number of non-ortho nitro benzene ring substituents is 1. The molecule has 9 nitrogen and oxygen atoms in total. The van der Waals surface area contributed by atoms with E-state index in [0.717, 1.165) is 23.8 Å². The fourth-order valence-electron chi connectivity index (χ4n) is 4.89. The van der Waals surface area contributed by atoms with Crippen LogP contribution in [0.4, 0.5) is 10.1 Å². The standard InChI is InChI=1S/C29H34FN3O6/c1-18-24(27(34)38-6)26(22-14-21(33(36)37)12-13-23(22)30)25(19(2)31-18)28(35)39-17-29(3,4)16-32(5)15-20-10-8-7-9-11-20/h7-14,26,31H,15-17H2,1-6H3/t26-/m1/s1. The molecule has 2 aromatic rings. The van der Waals surface area contributed by atoms with Gasteiger partial charge in [-0.3, -0.25) is 10.1 Å². The summed E-state index contributed by atoms with van der Waals surface area (Å²) in [6, 6.07) is 13.0. The zero-order chi connectivity index (χ0) is 28.9. The van der Waals surface area contributed by atoms with Gasteiger partial charge in [0, 0.05) is 47.6 Å². The molecular formula is C29H34FN3O6. The third-order valence-corrected chi connectivity index (χ3v) is 6.47. The number of carbonyl (C=O) groups is 2. The number of benzene rings is 2. The summed E-state index contributed by atoms with van der Waals surface area (Å²) in [5.41, 5.74) is 0.776. The van der Waals surface area contributed by atoms with Gasteiger partial charge in [-0.05, 0) is 32.5 Å². The summed E-state index contributed by atoms with van der Waals surface area (Å²) in [5, 5.41) is 14.4. The molecule has 0 saturated carbocycles. The second-order valence-electron chi connectivity index (χ2n) is 10.5. The maximum atomic E-state index is 15.1. The Morgan fingerprint density at radius 1 is 1.08 bits per heavy atom. The zero-order valence-corrected chi connectivity index (χ0v) is 23.0. The van der Waals surface area contributed by atoms with Crippen LogP contribution < -0.4 is 5.32 Å². The van der Waals surface area contributed by atoms with Crippen LogP contribution >= 0.6 is 0 Å². The first-order valence-corrected chi connectivity index (χ1v) is 12.4. The number of dihydropyridines is 1. The minimum absolute atomic E-state index is 0.0196. The molecule has 0 aliphatic carbocycles. The van der Waals surface area contributed by atoms with Crippen LogP contribution in [0.5, 0.6) is 0 Å². The molecule has 0 saturated heterocycles. The molecular weight excluding hydrogens is 505 g/mol. The van der Waals surface area contributed by atoms with Crippen molar-refractivity contribution in [2.24, 2.45) is 5.41 Å². The number of methoxy groups -OCH3 is 1. The van der Waals surface area contributed by atoms with E-state index in [-0.39, 0.29) is 29.0 Å². The highest BCUT2D eigenvalue weighted by Gasteiger charge is 2.40. The van der Waals surface area contributed by atoms with Crippen molar-refractivity contribution in [2.75, 3.05) is 27.3 Å². The minimum atomic E-state index is -1.27. The van der Waals surface area contributed by atoms with Crippen LogP contribution in [-0.4, -0.2) is 49.1 Å². The highest BCUT2D eigenvalue weighted by molar-refractivity contribution is 6.00. The molecule has 0 radical (unpaired) electrons. The molecule has 1 N–H and O–H groups in total. The van der Waals surface area contributed by atoms with Gasteiger partial charge in [0.25, 0.3) is 5.69 Å². The molecule has 0 fully saturated rings. The first-order chi connectivity index (χ1) is 18.3. The van der Waals surface area contributed by atoms with Crippen LogP contribution in [0.2, 0.25) is 0 Å². The summed E-state index contributed by atoms with van der Waals surface area (Å²) < 4.78 is 25.8. The Morgan fingerprint density at radius 3 is 2.28 bits per heavy atom. The summed E-state index contributed by atoms with van der Waals surface area (Å²) in [6.07, 6.45) is 0. The minimum Gasteiger partial charge on any atom is -0.466 e. The third-order valence-electron chi connectivity index (χ3n) is 6.47. The number of nitrogens with one attached hydrogen (secondary N) is 1. The van der Waals surface area contributed by atoms with Gasteiger partial charge in [-0.1, -0.05) is 44.2 Å². The lowest BCUT2D eigenvalue weighted by Gasteiger charge is -2.32. The highest BCUT2D eigenvalue weighted by atomic mass is 19.1. The Labute approximate surface area is 227 Å². The van der Waals surface area contributed by atoms with E-state index in [9.17, 15) is 19.7 Å². The predicted molar refractivity (Wildman–Crippen MR) is 144 cm³/mol. The zero-order valence-electron chi connectivity index (χ0n) is 23.0. The topological polar surface area (TPSA) is 111 Å². The van der Waals surface area contributed by atoms with Gasteiger partial charge >= 0.3 is 11.9 Å². The number of allylic oxidation sites excluding steroid dienone is 2. The molecule has 0 spiro atoms. The lowest BCUT2D eigenvalue weighted by atomic mass is 9.80. The molecule has 0 amide bonds. The first-order valence-electron chi connectivity index (χ1n) is 12.4. The molecule has 0 aromatic heterocycles. The van der Waals surface area contributed by atoms with Gasteiger partial charge in [-0.15, -0.1) is 0 Å². The molecule has 0 unspecified atom stereocenters. The van der Waals surface area contributed by atoms with Crippen molar-refractivity contribution >= 4 is 17.6 Å². The van der Waals surface area contributed by atoms with Crippen LogP contribution in [0.1, 0.15) is 44.7 Å². The highest BCUT2D eigenvalue weighted by Crippen LogP contribution is 2.41. The maximum absolute atomic E-state index is 15.1. The largest absolute Gasteiger partial charge is 0.466 e. The predicted octanol–water partition coefficient (Wildman–Crippen LogP) is 4.84. The number of esters is 2. The number of nitrogens with zero attached hydrogens (tertiary/aromatic N) is 2. The van der Waals surface area contributed by atoms with Crippen molar-refractivity contribution in [3.63, 3.8) is 0 Å². The quantitative estimate of drug-likeness (QED) is 0.259. The van der Waals surface area contributed by atoms with E-state index >= 15 is 4.39 Å². The van der Waals surface area contributed by atoms with E-state index in [4.69, 9.17) is 9.47 Å². The number of carbonyl (C=O) groups excluding carboxylic acids is 2. The first kappa shape index (κ1) is 29.5. The Bertz CT molecular complexity index is 1320. The Hall–Kier alpha value is -4.05. The van der Waals surface area contributed by atoms with Gasteiger partial charge in [0.2, 0.25) is 0 Å². The van der Waals surface area contributed by atoms with E-state index in [1.807, 2.05) is 51.2 Å². The number of rotatable bonds is 10. The molecule has 10 heteroatoms. The van der Waals surface area contributed by atoms with Gasteiger partial charge in [-0.25, -0.2) is 14.0 Å². The number of nitro benzene ring substituents is 1. The number of hydrogen-bond acceptors (Lipinski definition) is 8. The van der Waals surface area contributed by atoms with Gasteiger partial charge in [0.15, 0.2) is 0 Å². The molecule has 3 rings (SSSR count). The lowest BCUT2D eigenvalue weighted by molar-refractivity contribution is -0.385. The Morgan fingerprint density at radius 2 is 1.69 bits per heavy atom. The summed E-state index contributed by atoms with van der Waals surface area (Å²) in [4.78, 5) is 39.2. The van der Waals surface area contributed by atoms with Gasteiger partial charge < -0.3 is 19.7 Å². The smallest absolute Gasteiger partial charge is 0.336 e. The fourth-order valence-corrected chi connectivity index (χ4v) is 4.89. The molecule has 2 aromatic carbocycles. The van der Waals surface area contributed by atoms with Crippen molar-refractivity contribution in [1.82, 2.24) is 10.2 Å². The number of hydrogen-bond donors (Lipinski definition) is 1. The van der Waals surface area contributed by atoms with E-state index < -0.39 is 34.0 Å². The van der Waals surface area contributed by atoms with Gasteiger partial charge in [-0.2, -0.15) is 0 Å². The average Bonchev–Trinajstić information content (AvgIpc) is 2.87. The second kappa shape index (κ2) is 12.2. The van der Waals surface area contributed by atoms with Crippen LogP contribution in [0.25, 0.3) is 0 Å². The van der Waals surface area contributed by atoms with Crippen molar-refractivity contribution in [3.8, 4) is 0 Å². The van der Waals surface area contributed by atoms with Crippen molar-refractivity contribution in [3.05, 3.63) is 98.1 Å². The normalized spacial score (nSPS) is 15.7. The van der Waals surface area contributed by atoms with Crippen LogP contribution in [-0.2, 0) is 25.6 Å². The SMILES string of the molecule is COC(=O)C1=C(C)NC(C)=C(C(=O)OCC(C)(C)CN(C)Cc2ccccc2)[C@@H]1c1cc([N+](=O)[O-])ccc1F. The van der Waals surface area contributed by atoms with Crippen molar-refractivity contribution in [2.45, 2.75) is 40.2 Å². The monoisotopic (exact) mass is 539 g/mol. The molecule has 1 aliphatic heterocycles. The summed E-state index contributed by atoms with van der Waals surface area (Å²) >= 11 is 0. The summed E-state index contributed by atoms with van der Waals surface area (Å²) in [5.74, 6) is -3.63. The molecule has 208 valence electrons. The maximum Gasteiger partial charge on any atom is 0.336 e. The fraction of sp³-hybridized carbons (Fsp3) is 0.379. The molecule has 1 atom stereocenters. The molecule has 1 aliphatic rings. The average molecular weight is 540 g/mol. The summed E-state index contributed by atoms with van der Waals surface area (Å²) in [6.45, 7) is 8.49. The number of halogens is 1. The number of nitro groups is 1. The number of ether oxygens (including phenoxy) is 2. The van der Waals surface area contributed by atoms with Gasteiger partial charge in [0.05, 0.1) is 35.7 Å². The Balaban J connectivity index is 1.89. The van der Waals surface area contributed by atoms with Crippen molar-refractivity contribution in [1.29, 1.82) is 0 Å². The van der Waals surface area contributed by atoms with Crippen LogP contribution in [0.15, 0.2) is 71.1 Å². The molecule has 0 bridgehead atoms. The van der Waals surface area contributed by atoms with Crippen molar-refractivity contribution < 1.29 is 28.4 Å². The van der Waals surface area contributed by atoms with Gasteiger partial charge in [0.1, 0.15) is 5.82 Å². The Kier molecular flexibility index (Phi) is 9.24. The van der Waals surface area contributed by atoms with E-state index in [2.05, 4.69) is 10.2 Å². The third kappa shape index (κ3) is 7.08. The molecule has 1 heterocycles. The van der Waals surface area contributed by atoms with E-state index in [1.165, 1.54) is 7.11 Å². The van der Waals surface area contributed by atoms with Crippen LogP contribution in [0, 0.1) is 21.3 Å². The molecule has 39 heavy (non-hydrogen) atoms. The van der Waals surface area contributed by atoms with E-state index in [0.29, 0.717) is 24.5 Å². The van der Waals surface area contributed by atoms with Crippen LogP contribution in [0.3, 0.4) is 0 Å². The summed E-state index contributed by atoms with van der Waals surface area (Å²) in [7, 11) is 3.15. The lowest BCUT2D eigenvalue weighted by Crippen LogP contribution is -2.37. The van der Waals surface area contributed by atoms with E-state index in [1.54, 1.807) is 13.8 Å². The second-order valence-corrected chi connectivity index (χ2v) is 10.5.